The minimum atomic E-state index is -1.02. The summed E-state index contributed by atoms with van der Waals surface area (Å²) in [6.45, 7) is 34.1. The third-order valence-corrected chi connectivity index (χ3v) is 165. The van der Waals surface area contributed by atoms with E-state index in [1.165, 1.54) is 6.42 Å². The van der Waals surface area contributed by atoms with Crippen LogP contribution in [-0.4, -0.2) is 42.7 Å². The maximum atomic E-state index is 2.92. The highest BCUT2D eigenvalue weighted by Gasteiger charge is 2.76. The van der Waals surface area contributed by atoms with Gasteiger partial charge in [-0.1, -0.05) is 91.4 Å². The predicted octanol–water partition coefficient (Wildman–Crippen LogP) is 5.50. The van der Waals surface area contributed by atoms with Crippen molar-refractivity contribution in [2.45, 2.75) is 91.4 Å². The van der Waals surface area contributed by atoms with E-state index in [0.717, 1.165) is 0 Å². The van der Waals surface area contributed by atoms with Gasteiger partial charge in [-0.05, 0) is 0 Å². The van der Waals surface area contributed by atoms with Gasteiger partial charge in [0.15, 0.2) is 0 Å². The third-order valence-electron chi connectivity index (χ3n) is 9.76. The molecule has 0 aromatic heterocycles. The fourth-order valence-corrected chi connectivity index (χ4v) is 252. The highest BCUT2D eigenvalue weighted by atomic mass is 30.2. The summed E-state index contributed by atoms with van der Waals surface area (Å²) in [7, 11) is -6.06. The summed E-state index contributed by atoms with van der Waals surface area (Å²) in [5.74, 6) is 0. The Morgan fingerprint density at radius 3 is 0.950 bits per heavy atom. The molecule has 0 radical (unpaired) electrons. The van der Waals surface area contributed by atoms with E-state index in [1.807, 2.05) is 0 Å². The van der Waals surface area contributed by atoms with Gasteiger partial charge in [0.05, 0.1) is 0 Å². The van der Waals surface area contributed by atoms with E-state index in [9.17, 15) is 0 Å². The number of rotatable bonds is 2. The molecule has 0 bridgehead atoms. The van der Waals surface area contributed by atoms with Crippen LogP contribution in [0.1, 0.15) is 13.3 Å². The molecule has 0 N–H and O–H groups in total. The predicted molar refractivity (Wildman–Crippen MR) is 114 cm³/mol. The molecule has 0 aromatic rings. The largest absolute Gasteiger partial charge is 0.0735 e. The van der Waals surface area contributed by atoms with Gasteiger partial charge in [0, 0.05) is 42.7 Å². The minimum Gasteiger partial charge on any atom is -0.0735 e. The summed E-state index contributed by atoms with van der Waals surface area (Å²) in [6, 6.07) is 1.67. The Morgan fingerprint density at radius 2 is 0.700 bits per heavy atom. The molecule has 0 aromatic carbocycles. The molecule has 120 valence electrons. The van der Waals surface area contributed by atoms with Gasteiger partial charge >= 0.3 is 0 Å². The minimum absolute atomic E-state index is 0.998. The maximum Gasteiger partial charge on any atom is 0.0337 e. The molecular weight excluding hydrogens is 337 g/mol. The molecule has 1 rings (SSSR count). The van der Waals surface area contributed by atoms with Crippen LogP contribution in [0.4, 0.5) is 0 Å². The first kappa shape index (κ1) is 19.3. The second-order valence-electron chi connectivity index (χ2n) is 10.2. The standard InChI is InChI=1S/C14H40Si6/c1-13-14-20(12)18(8,9)16(4,5)15(2,3)17(6,7)19(20,10)11/h13-14H2,1-12H3. The van der Waals surface area contributed by atoms with Crippen molar-refractivity contribution in [2.24, 2.45) is 0 Å². The second-order valence-corrected chi connectivity index (χ2v) is 82.7. The van der Waals surface area contributed by atoms with Gasteiger partial charge in [0.1, 0.15) is 0 Å². The number of hydrogen-bond acceptors (Lipinski definition) is 0. The first-order valence-electron chi connectivity index (χ1n) is 8.56. The van der Waals surface area contributed by atoms with Crippen molar-refractivity contribution in [2.75, 3.05) is 0 Å². The van der Waals surface area contributed by atoms with Gasteiger partial charge in [-0.3, -0.25) is 0 Å². The van der Waals surface area contributed by atoms with Crippen molar-refractivity contribution in [1.29, 1.82) is 0 Å². The van der Waals surface area contributed by atoms with Gasteiger partial charge in [-0.15, -0.1) is 0 Å². The van der Waals surface area contributed by atoms with Crippen LogP contribution < -0.4 is 0 Å². The molecule has 6 heteroatoms. The van der Waals surface area contributed by atoms with Crippen LogP contribution in [0.5, 0.6) is 0 Å². The van der Waals surface area contributed by atoms with Gasteiger partial charge in [-0.25, -0.2) is 0 Å². The lowest BCUT2D eigenvalue weighted by Gasteiger charge is -2.73. The van der Waals surface area contributed by atoms with Crippen LogP contribution in [0.15, 0.2) is 0 Å². The van der Waals surface area contributed by atoms with Crippen LogP contribution >= 0.6 is 0 Å². The lowest BCUT2D eigenvalue weighted by molar-refractivity contribution is 1.06. The molecule has 0 nitrogen and oxygen atoms in total. The van der Waals surface area contributed by atoms with E-state index in [2.05, 4.69) is 78.9 Å². The Balaban J connectivity index is 3.73. The van der Waals surface area contributed by atoms with Crippen molar-refractivity contribution >= 4 is 42.7 Å². The summed E-state index contributed by atoms with van der Waals surface area (Å²) in [4.78, 5) is 0. The fourth-order valence-electron chi connectivity index (χ4n) is 5.63. The highest BCUT2D eigenvalue weighted by molar-refractivity contribution is 8.13. The van der Waals surface area contributed by atoms with Crippen LogP contribution in [0.25, 0.3) is 0 Å². The van der Waals surface area contributed by atoms with Crippen LogP contribution in [-0.2, 0) is 0 Å². The maximum absolute atomic E-state index is 2.92. The van der Waals surface area contributed by atoms with Gasteiger partial charge in [-0.2, -0.15) is 0 Å². The Labute approximate surface area is 133 Å². The van der Waals surface area contributed by atoms with E-state index >= 15 is 0 Å². The molecule has 0 unspecified atom stereocenters. The van der Waals surface area contributed by atoms with Crippen LogP contribution in [0, 0.1) is 0 Å². The van der Waals surface area contributed by atoms with Crippen molar-refractivity contribution in [1.82, 2.24) is 0 Å². The van der Waals surface area contributed by atoms with Crippen molar-refractivity contribution in [3.05, 3.63) is 0 Å². The van der Waals surface area contributed by atoms with E-state index in [1.54, 1.807) is 6.04 Å². The summed E-state index contributed by atoms with van der Waals surface area (Å²) >= 11 is 0. The van der Waals surface area contributed by atoms with E-state index < -0.39 is 42.7 Å². The van der Waals surface area contributed by atoms with Crippen molar-refractivity contribution in [3.8, 4) is 0 Å². The molecule has 0 amide bonds. The Bertz CT molecular complexity index is 364. The van der Waals surface area contributed by atoms with Crippen LogP contribution in [0.2, 0.25) is 78.1 Å². The second kappa shape index (κ2) is 4.90. The van der Waals surface area contributed by atoms with Gasteiger partial charge < -0.3 is 0 Å². The molecule has 1 aliphatic rings. The molecule has 1 heterocycles. The average molecular weight is 377 g/mol. The lowest BCUT2D eigenvalue weighted by atomic mass is 10.6. The molecule has 20 heavy (non-hydrogen) atoms. The first-order valence-corrected chi connectivity index (χ1v) is 32.3. The zero-order chi connectivity index (χ0) is 16.4. The van der Waals surface area contributed by atoms with Crippen molar-refractivity contribution in [3.63, 3.8) is 0 Å². The molecule has 0 aliphatic carbocycles. The normalized spacial score (nSPS) is 31.8. The molecule has 1 aliphatic heterocycles. The zero-order valence-electron chi connectivity index (χ0n) is 16.4. The summed E-state index contributed by atoms with van der Waals surface area (Å²) in [5, 5.41) is 0. The number of hydrogen-bond donors (Lipinski definition) is 0. The van der Waals surface area contributed by atoms with E-state index in [-0.39, 0.29) is 0 Å². The summed E-state index contributed by atoms with van der Waals surface area (Å²) in [6.07, 6.45) is 1.46. The smallest absolute Gasteiger partial charge is 0.0337 e. The summed E-state index contributed by atoms with van der Waals surface area (Å²) < 4.78 is 0. The SMILES string of the molecule is CCC[Si]1(C)[Si](C)(C)[Si](C)(C)[Si](C)(C)[Si](C)(C)[Si]1(C)C. The van der Waals surface area contributed by atoms with Gasteiger partial charge in [0.2, 0.25) is 0 Å². The third kappa shape index (κ3) is 1.84. The zero-order valence-corrected chi connectivity index (χ0v) is 22.4. The van der Waals surface area contributed by atoms with Crippen molar-refractivity contribution < 1.29 is 0 Å². The first-order chi connectivity index (χ1) is 8.56. The molecule has 1 saturated heterocycles. The topological polar surface area (TPSA) is 0 Å². The van der Waals surface area contributed by atoms with Gasteiger partial charge in [0.25, 0.3) is 0 Å². The molecule has 0 spiro atoms. The monoisotopic (exact) mass is 376 g/mol. The Hall–Kier alpha value is 1.30. The molecule has 0 saturated carbocycles. The lowest BCUT2D eigenvalue weighted by Crippen LogP contribution is -3.01. The molecular formula is C14H40Si6. The molecule has 1 fully saturated rings. The van der Waals surface area contributed by atoms with E-state index in [4.69, 9.17) is 0 Å². The average Bonchev–Trinajstić information content (AvgIpc) is 2.26. The highest BCUT2D eigenvalue weighted by Crippen LogP contribution is 2.52. The quantitative estimate of drug-likeness (QED) is 0.558. The molecule has 0 atom stereocenters. The Morgan fingerprint density at radius 1 is 0.450 bits per heavy atom. The Kier molecular flexibility index (Phi) is 4.74. The summed E-state index contributed by atoms with van der Waals surface area (Å²) in [5.41, 5.74) is 0. The van der Waals surface area contributed by atoms with E-state index in [0.29, 0.717) is 0 Å². The van der Waals surface area contributed by atoms with Crippen LogP contribution in [0.3, 0.4) is 0 Å². The fraction of sp³-hybridized carbons (Fsp3) is 1.00.